The van der Waals surface area contributed by atoms with Crippen molar-refractivity contribution in [1.82, 2.24) is 0 Å². The van der Waals surface area contributed by atoms with Gasteiger partial charge in [0.15, 0.2) is 0 Å². The molecule has 0 atom stereocenters. The Balaban J connectivity index is 1.65. The Morgan fingerprint density at radius 2 is 1.93 bits per heavy atom. The van der Waals surface area contributed by atoms with Crippen LogP contribution in [0, 0.1) is 0 Å². The molecule has 2 N–H and O–H groups in total. The van der Waals surface area contributed by atoms with Gasteiger partial charge >= 0.3 is 5.97 Å². The van der Waals surface area contributed by atoms with Crippen molar-refractivity contribution in [2.45, 2.75) is 32.6 Å². The fraction of sp³-hybridized carbons (Fsp3) is 0.286. The van der Waals surface area contributed by atoms with Gasteiger partial charge in [0.25, 0.3) is 0 Å². The first kappa shape index (κ1) is 18.6. The lowest BCUT2D eigenvalue weighted by Gasteiger charge is -2.29. The molecule has 1 aliphatic heterocycles. The number of rotatable bonds is 5. The number of carbonyl (C=O) groups excluding carboxylic acids is 2. The van der Waals surface area contributed by atoms with Gasteiger partial charge in [-0.25, -0.2) is 4.79 Å². The molecule has 0 radical (unpaired) electrons. The van der Waals surface area contributed by atoms with E-state index in [9.17, 15) is 19.5 Å². The van der Waals surface area contributed by atoms with E-state index < -0.39 is 5.97 Å². The SMILES string of the molecule is CC(=O)N1CCCc2cc(NC(=O)CCc3ccccc3C(=O)O)ccc21. The van der Waals surface area contributed by atoms with Crippen LogP contribution >= 0.6 is 0 Å². The maximum atomic E-state index is 12.3. The standard InChI is InChI=1S/C21H22N2O4/c1-14(24)23-12-4-6-16-13-17(9-10-19(16)23)22-20(25)11-8-15-5-2-3-7-18(15)21(26)27/h2-3,5,7,9-10,13H,4,6,8,11-12H2,1H3,(H,22,25)(H,26,27). The molecule has 1 aliphatic rings. The zero-order chi connectivity index (χ0) is 19.4. The van der Waals surface area contributed by atoms with Crippen molar-refractivity contribution in [3.8, 4) is 0 Å². The highest BCUT2D eigenvalue weighted by Gasteiger charge is 2.20. The number of nitrogens with one attached hydrogen (secondary N) is 1. The summed E-state index contributed by atoms with van der Waals surface area (Å²) in [5, 5.41) is 12.1. The minimum atomic E-state index is -0.990. The predicted octanol–water partition coefficient (Wildman–Crippen LogP) is 3.26. The quantitative estimate of drug-likeness (QED) is 0.850. The van der Waals surface area contributed by atoms with Gasteiger partial charge in [0.2, 0.25) is 11.8 Å². The molecule has 0 saturated heterocycles. The summed E-state index contributed by atoms with van der Waals surface area (Å²) in [5.74, 6) is -1.14. The lowest BCUT2D eigenvalue weighted by atomic mass is 10.0. The number of carbonyl (C=O) groups is 3. The summed E-state index contributed by atoms with van der Waals surface area (Å²) < 4.78 is 0. The van der Waals surface area contributed by atoms with Crippen molar-refractivity contribution in [1.29, 1.82) is 0 Å². The summed E-state index contributed by atoms with van der Waals surface area (Å²) in [5.41, 5.74) is 3.51. The van der Waals surface area contributed by atoms with Crippen LogP contribution in [0.4, 0.5) is 11.4 Å². The Morgan fingerprint density at radius 3 is 2.67 bits per heavy atom. The average Bonchev–Trinajstić information content (AvgIpc) is 2.65. The lowest BCUT2D eigenvalue weighted by Crippen LogP contribution is -2.33. The fourth-order valence-corrected chi connectivity index (χ4v) is 3.42. The Labute approximate surface area is 157 Å². The van der Waals surface area contributed by atoms with Gasteiger partial charge in [0.05, 0.1) is 5.56 Å². The van der Waals surface area contributed by atoms with E-state index in [0.29, 0.717) is 17.7 Å². The van der Waals surface area contributed by atoms with E-state index in [4.69, 9.17) is 0 Å². The monoisotopic (exact) mass is 366 g/mol. The van der Waals surface area contributed by atoms with E-state index in [1.54, 1.807) is 42.2 Å². The van der Waals surface area contributed by atoms with Gasteiger partial charge in [0, 0.05) is 31.3 Å². The number of anilines is 2. The molecular formula is C21H22N2O4. The second kappa shape index (κ2) is 8.03. The number of benzene rings is 2. The minimum Gasteiger partial charge on any atom is -0.478 e. The van der Waals surface area contributed by atoms with Crippen molar-refractivity contribution >= 4 is 29.2 Å². The van der Waals surface area contributed by atoms with E-state index in [-0.39, 0.29) is 23.8 Å². The molecule has 1 heterocycles. The lowest BCUT2D eigenvalue weighted by molar-refractivity contribution is -0.117. The Hall–Kier alpha value is -3.15. The van der Waals surface area contributed by atoms with Gasteiger partial charge in [-0.3, -0.25) is 9.59 Å². The van der Waals surface area contributed by atoms with Crippen LogP contribution in [-0.2, 0) is 22.4 Å². The number of fused-ring (bicyclic) bond motifs is 1. The zero-order valence-corrected chi connectivity index (χ0v) is 15.2. The zero-order valence-electron chi connectivity index (χ0n) is 15.2. The average molecular weight is 366 g/mol. The Morgan fingerprint density at radius 1 is 1.15 bits per heavy atom. The number of aromatic carboxylic acids is 1. The number of amides is 2. The van der Waals surface area contributed by atoms with Crippen LogP contribution < -0.4 is 10.2 Å². The van der Waals surface area contributed by atoms with Crippen LogP contribution in [0.15, 0.2) is 42.5 Å². The Bertz CT molecular complexity index is 892. The molecule has 0 fully saturated rings. The molecule has 0 unspecified atom stereocenters. The first-order valence-electron chi connectivity index (χ1n) is 8.98. The number of hydrogen-bond acceptors (Lipinski definition) is 3. The third-order valence-electron chi connectivity index (χ3n) is 4.73. The largest absolute Gasteiger partial charge is 0.478 e. The summed E-state index contributed by atoms with van der Waals surface area (Å²) >= 11 is 0. The topological polar surface area (TPSA) is 86.7 Å². The van der Waals surface area contributed by atoms with E-state index in [2.05, 4.69) is 5.32 Å². The second-order valence-corrected chi connectivity index (χ2v) is 6.63. The van der Waals surface area contributed by atoms with Gasteiger partial charge in [-0.1, -0.05) is 18.2 Å². The van der Waals surface area contributed by atoms with Gasteiger partial charge in [-0.15, -0.1) is 0 Å². The number of nitrogens with zero attached hydrogens (tertiary/aromatic N) is 1. The maximum absolute atomic E-state index is 12.3. The summed E-state index contributed by atoms with van der Waals surface area (Å²) in [7, 11) is 0. The van der Waals surface area contributed by atoms with Gasteiger partial charge < -0.3 is 15.3 Å². The molecular weight excluding hydrogens is 344 g/mol. The maximum Gasteiger partial charge on any atom is 0.335 e. The number of aryl methyl sites for hydroxylation is 2. The second-order valence-electron chi connectivity index (χ2n) is 6.63. The number of hydrogen-bond donors (Lipinski definition) is 2. The van der Waals surface area contributed by atoms with Crippen molar-refractivity contribution < 1.29 is 19.5 Å². The highest BCUT2D eigenvalue weighted by Crippen LogP contribution is 2.29. The molecule has 3 rings (SSSR count). The highest BCUT2D eigenvalue weighted by atomic mass is 16.4. The summed E-state index contributed by atoms with van der Waals surface area (Å²) in [4.78, 5) is 37.0. The van der Waals surface area contributed by atoms with Gasteiger partial charge in [-0.2, -0.15) is 0 Å². The highest BCUT2D eigenvalue weighted by molar-refractivity contribution is 5.95. The summed E-state index contributed by atoms with van der Waals surface area (Å²) in [6.45, 7) is 2.27. The van der Waals surface area contributed by atoms with Crippen molar-refractivity contribution in [3.05, 3.63) is 59.2 Å². The van der Waals surface area contributed by atoms with Gasteiger partial charge in [0.1, 0.15) is 0 Å². The van der Waals surface area contributed by atoms with Crippen molar-refractivity contribution in [2.75, 3.05) is 16.8 Å². The van der Waals surface area contributed by atoms with E-state index in [0.717, 1.165) is 30.6 Å². The van der Waals surface area contributed by atoms with Crippen LogP contribution in [0.2, 0.25) is 0 Å². The molecule has 2 amide bonds. The first-order chi connectivity index (χ1) is 13.0. The molecule has 0 bridgehead atoms. The molecule has 2 aromatic rings. The third-order valence-corrected chi connectivity index (χ3v) is 4.73. The molecule has 2 aromatic carbocycles. The van der Waals surface area contributed by atoms with Gasteiger partial charge in [-0.05, 0) is 54.7 Å². The van der Waals surface area contributed by atoms with E-state index >= 15 is 0 Å². The van der Waals surface area contributed by atoms with Crippen LogP contribution in [0.3, 0.4) is 0 Å². The minimum absolute atomic E-state index is 0.0184. The molecule has 0 aliphatic carbocycles. The van der Waals surface area contributed by atoms with E-state index in [1.165, 1.54) is 0 Å². The molecule has 0 saturated carbocycles. The normalized spacial score (nSPS) is 13.0. The van der Waals surface area contributed by atoms with Crippen LogP contribution in [0.25, 0.3) is 0 Å². The molecule has 6 heteroatoms. The summed E-state index contributed by atoms with van der Waals surface area (Å²) in [6.07, 6.45) is 2.32. The van der Waals surface area contributed by atoms with Crippen molar-refractivity contribution in [2.24, 2.45) is 0 Å². The van der Waals surface area contributed by atoms with Crippen LogP contribution in [0.5, 0.6) is 0 Å². The molecule has 0 spiro atoms. The Kier molecular flexibility index (Phi) is 5.54. The number of carboxylic acids is 1. The van der Waals surface area contributed by atoms with Crippen molar-refractivity contribution in [3.63, 3.8) is 0 Å². The molecule has 6 nitrogen and oxygen atoms in total. The van der Waals surface area contributed by atoms with Crippen LogP contribution in [0.1, 0.15) is 41.3 Å². The molecule has 0 aromatic heterocycles. The molecule has 27 heavy (non-hydrogen) atoms. The van der Waals surface area contributed by atoms with E-state index in [1.807, 2.05) is 12.1 Å². The number of carboxylic acid groups (broad SMARTS) is 1. The summed E-state index contributed by atoms with van der Waals surface area (Å²) in [6, 6.07) is 12.3. The smallest absolute Gasteiger partial charge is 0.335 e. The first-order valence-corrected chi connectivity index (χ1v) is 8.98. The van der Waals surface area contributed by atoms with Crippen LogP contribution in [-0.4, -0.2) is 29.4 Å². The third kappa shape index (κ3) is 4.34. The predicted molar refractivity (Wildman–Crippen MR) is 103 cm³/mol. The fourth-order valence-electron chi connectivity index (χ4n) is 3.42. The molecule has 140 valence electrons.